The van der Waals surface area contributed by atoms with Gasteiger partial charge in [0.1, 0.15) is 0 Å². The van der Waals surface area contributed by atoms with E-state index < -0.39 is 0 Å². The smallest absolute Gasteiger partial charge is 0.196 e. The summed E-state index contributed by atoms with van der Waals surface area (Å²) in [5.74, 6) is 1.24. The molecular weight excluding hydrogens is 246 g/mol. The monoisotopic (exact) mass is 261 g/mol. The van der Waals surface area contributed by atoms with Crippen LogP contribution in [-0.4, -0.2) is 19.2 Å². The van der Waals surface area contributed by atoms with Gasteiger partial charge in [-0.15, -0.1) is 11.3 Å². The molecule has 0 bridgehead atoms. The van der Waals surface area contributed by atoms with Crippen LogP contribution in [0, 0.1) is 0 Å². The first-order valence-corrected chi connectivity index (χ1v) is 6.79. The van der Waals surface area contributed by atoms with Gasteiger partial charge in [-0.05, 0) is 12.0 Å². The Labute approximate surface area is 109 Å². The first-order chi connectivity index (χ1) is 8.70. The van der Waals surface area contributed by atoms with E-state index in [4.69, 9.17) is 5.73 Å². The van der Waals surface area contributed by atoms with Crippen molar-refractivity contribution in [3.05, 3.63) is 35.2 Å². The Balaban J connectivity index is 2.14. The van der Waals surface area contributed by atoms with Crippen LogP contribution in [0.25, 0.3) is 10.8 Å². The van der Waals surface area contributed by atoms with Gasteiger partial charge in [-0.1, -0.05) is 13.8 Å². The lowest BCUT2D eigenvalue weighted by Crippen LogP contribution is -2.06. The van der Waals surface area contributed by atoms with Gasteiger partial charge in [0.05, 0.1) is 11.4 Å². The van der Waals surface area contributed by atoms with Crippen LogP contribution in [0.4, 0.5) is 0 Å². The van der Waals surface area contributed by atoms with Gasteiger partial charge >= 0.3 is 0 Å². The third-order valence-corrected chi connectivity index (χ3v) is 3.71. The van der Waals surface area contributed by atoms with Crippen molar-refractivity contribution in [3.8, 4) is 5.82 Å². The molecule has 18 heavy (non-hydrogen) atoms. The van der Waals surface area contributed by atoms with Crippen molar-refractivity contribution in [1.82, 2.24) is 19.2 Å². The second-order valence-electron chi connectivity index (χ2n) is 4.48. The predicted molar refractivity (Wildman–Crippen MR) is 72.2 cm³/mol. The molecular formula is C12H15N5S. The first kappa shape index (κ1) is 11.4. The zero-order valence-corrected chi connectivity index (χ0v) is 11.2. The van der Waals surface area contributed by atoms with E-state index in [1.165, 1.54) is 0 Å². The molecule has 94 valence electrons. The van der Waals surface area contributed by atoms with Gasteiger partial charge in [-0.2, -0.15) is 10.1 Å². The molecule has 0 atom stereocenters. The number of hydrogen-bond donors (Lipinski definition) is 1. The van der Waals surface area contributed by atoms with Gasteiger partial charge in [0.2, 0.25) is 0 Å². The maximum absolute atomic E-state index is 5.83. The van der Waals surface area contributed by atoms with E-state index in [0.717, 1.165) is 22.2 Å². The Kier molecular flexibility index (Phi) is 2.68. The van der Waals surface area contributed by atoms with E-state index in [2.05, 4.69) is 23.9 Å². The lowest BCUT2D eigenvalue weighted by atomic mass is 10.1. The third-order valence-electron chi connectivity index (χ3n) is 2.95. The second kappa shape index (κ2) is 4.22. The SMILES string of the molecule is CC(C)c1ccn(-c2nc3sccn3c2CN)n1. The number of nitrogens with two attached hydrogens (primary N) is 1. The number of hydrogen-bond acceptors (Lipinski definition) is 4. The number of aromatic nitrogens is 4. The summed E-state index contributed by atoms with van der Waals surface area (Å²) in [6, 6.07) is 2.03. The van der Waals surface area contributed by atoms with Crippen LogP contribution in [0.5, 0.6) is 0 Å². The predicted octanol–water partition coefficient (Wildman–Crippen LogP) is 2.16. The van der Waals surface area contributed by atoms with Crippen LogP contribution in [-0.2, 0) is 6.54 Å². The molecule has 3 aromatic heterocycles. The molecule has 3 rings (SSSR count). The summed E-state index contributed by atoms with van der Waals surface area (Å²) in [6.07, 6.45) is 3.94. The molecule has 0 aromatic carbocycles. The largest absolute Gasteiger partial charge is 0.325 e. The molecule has 0 spiro atoms. The topological polar surface area (TPSA) is 61.1 Å². The Morgan fingerprint density at radius 1 is 1.39 bits per heavy atom. The minimum Gasteiger partial charge on any atom is -0.325 e. The molecule has 3 heterocycles. The molecule has 0 saturated carbocycles. The van der Waals surface area contributed by atoms with E-state index >= 15 is 0 Å². The molecule has 0 fully saturated rings. The summed E-state index contributed by atoms with van der Waals surface area (Å²) >= 11 is 1.60. The summed E-state index contributed by atoms with van der Waals surface area (Å²) in [4.78, 5) is 5.54. The van der Waals surface area contributed by atoms with Crippen molar-refractivity contribution < 1.29 is 0 Å². The van der Waals surface area contributed by atoms with Crippen LogP contribution >= 0.6 is 11.3 Å². The van der Waals surface area contributed by atoms with Crippen LogP contribution < -0.4 is 5.73 Å². The number of rotatable bonds is 3. The molecule has 0 aliphatic rings. The number of fused-ring (bicyclic) bond motifs is 1. The minimum absolute atomic E-state index is 0.413. The minimum atomic E-state index is 0.413. The van der Waals surface area contributed by atoms with Crippen LogP contribution in [0.1, 0.15) is 31.2 Å². The maximum Gasteiger partial charge on any atom is 0.196 e. The van der Waals surface area contributed by atoms with Crippen LogP contribution in [0.15, 0.2) is 23.8 Å². The molecule has 3 aromatic rings. The fourth-order valence-electron chi connectivity index (χ4n) is 1.96. The molecule has 0 radical (unpaired) electrons. The molecule has 0 unspecified atom stereocenters. The van der Waals surface area contributed by atoms with Gasteiger partial charge < -0.3 is 5.73 Å². The summed E-state index contributed by atoms with van der Waals surface area (Å²) in [5.41, 5.74) is 7.88. The molecule has 0 saturated heterocycles. The molecule has 5 nitrogen and oxygen atoms in total. The number of nitrogens with zero attached hydrogens (tertiary/aromatic N) is 4. The molecule has 2 N–H and O–H groups in total. The Morgan fingerprint density at radius 3 is 2.89 bits per heavy atom. The van der Waals surface area contributed by atoms with E-state index in [9.17, 15) is 0 Å². The molecule has 0 aliphatic heterocycles. The zero-order valence-electron chi connectivity index (χ0n) is 10.4. The van der Waals surface area contributed by atoms with Gasteiger partial charge in [0, 0.05) is 24.3 Å². The molecule has 0 aliphatic carbocycles. The maximum atomic E-state index is 5.83. The van der Waals surface area contributed by atoms with Crippen molar-refractivity contribution >= 4 is 16.3 Å². The lowest BCUT2D eigenvalue weighted by Gasteiger charge is -2.02. The quantitative estimate of drug-likeness (QED) is 0.786. The van der Waals surface area contributed by atoms with Crippen molar-refractivity contribution in [3.63, 3.8) is 0 Å². The van der Waals surface area contributed by atoms with E-state index in [0.29, 0.717) is 12.5 Å². The first-order valence-electron chi connectivity index (χ1n) is 5.91. The van der Waals surface area contributed by atoms with Crippen LogP contribution in [0.3, 0.4) is 0 Å². The number of thiazole rings is 1. The van der Waals surface area contributed by atoms with Gasteiger partial charge in [-0.25, -0.2) is 4.68 Å². The zero-order chi connectivity index (χ0) is 12.7. The van der Waals surface area contributed by atoms with Crippen molar-refractivity contribution in [2.24, 2.45) is 5.73 Å². The van der Waals surface area contributed by atoms with E-state index in [1.54, 1.807) is 11.3 Å². The third kappa shape index (κ3) is 1.65. The van der Waals surface area contributed by atoms with E-state index in [-0.39, 0.29) is 0 Å². The summed E-state index contributed by atoms with van der Waals surface area (Å²) in [7, 11) is 0. The van der Waals surface area contributed by atoms with Gasteiger partial charge in [-0.3, -0.25) is 4.40 Å². The molecule has 0 amide bonds. The summed E-state index contributed by atoms with van der Waals surface area (Å²) in [5, 5.41) is 6.56. The Bertz CT molecular complexity index is 676. The summed E-state index contributed by atoms with van der Waals surface area (Å²) < 4.78 is 3.84. The highest BCUT2D eigenvalue weighted by Crippen LogP contribution is 2.21. The Hall–Kier alpha value is -1.66. The van der Waals surface area contributed by atoms with Gasteiger partial charge in [0.15, 0.2) is 10.8 Å². The second-order valence-corrected chi connectivity index (χ2v) is 5.35. The lowest BCUT2D eigenvalue weighted by molar-refractivity contribution is 0.752. The standard InChI is InChI=1S/C12H15N5S/c1-8(2)9-3-4-17(15-9)11-10(7-13)16-5-6-18-12(16)14-11/h3-6,8H,7,13H2,1-2H3. The fraction of sp³-hybridized carbons (Fsp3) is 0.333. The fourth-order valence-corrected chi connectivity index (χ4v) is 2.69. The summed E-state index contributed by atoms with van der Waals surface area (Å²) in [6.45, 7) is 4.70. The highest BCUT2D eigenvalue weighted by molar-refractivity contribution is 7.15. The van der Waals surface area contributed by atoms with Crippen molar-refractivity contribution in [2.75, 3.05) is 0 Å². The van der Waals surface area contributed by atoms with Crippen molar-refractivity contribution in [1.29, 1.82) is 0 Å². The normalized spacial score (nSPS) is 11.8. The van der Waals surface area contributed by atoms with E-state index in [1.807, 2.05) is 32.9 Å². The van der Waals surface area contributed by atoms with Crippen LogP contribution in [0.2, 0.25) is 0 Å². The molecule has 6 heteroatoms. The average Bonchev–Trinajstić information content (AvgIpc) is 3.02. The Morgan fingerprint density at radius 2 is 2.22 bits per heavy atom. The van der Waals surface area contributed by atoms with Crippen molar-refractivity contribution in [2.45, 2.75) is 26.3 Å². The average molecular weight is 261 g/mol. The number of imidazole rings is 1. The highest BCUT2D eigenvalue weighted by Gasteiger charge is 2.15. The van der Waals surface area contributed by atoms with Gasteiger partial charge in [0.25, 0.3) is 0 Å². The highest BCUT2D eigenvalue weighted by atomic mass is 32.1.